The van der Waals surface area contributed by atoms with Crippen molar-refractivity contribution in [3.63, 3.8) is 0 Å². The Labute approximate surface area is 177 Å². The first-order chi connectivity index (χ1) is 14.7. The van der Waals surface area contributed by atoms with Crippen molar-refractivity contribution in [1.29, 1.82) is 0 Å². The minimum Gasteiger partial charge on any atom is -0.481 e. The molecule has 0 saturated heterocycles. The Hall–Kier alpha value is -3.59. The number of nitrogens with zero attached hydrogens (tertiary/aromatic N) is 1. The van der Waals surface area contributed by atoms with Crippen molar-refractivity contribution >= 4 is 16.7 Å². The molecule has 1 atom stereocenters. The highest BCUT2D eigenvalue weighted by Crippen LogP contribution is 2.22. The van der Waals surface area contributed by atoms with Gasteiger partial charge in [-0.1, -0.05) is 91.0 Å². The highest BCUT2D eigenvalue weighted by atomic mass is 16.5. The minimum atomic E-state index is -0.585. The molecule has 3 heteroatoms. The minimum absolute atomic E-state index is 0.0316. The summed E-state index contributed by atoms with van der Waals surface area (Å²) in [6.07, 6.45) is -0.585. The predicted molar refractivity (Wildman–Crippen MR) is 121 cm³/mol. The van der Waals surface area contributed by atoms with Crippen molar-refractivity contribution in [2.24, 2.45) is 0 Å². The second kappa shape index (κ2) is 9.27. The Morgan fingerprint density at radius 1 is 0.733 bits per heavy atom. The van der Waals surface area contributed by atoms with Crippen LogP contribution >= 0.6 is 0 Å². The van der Waals surface area contributed by atoms with E-state index in [1.807, 2.05) is 109 Å². The summed E-state index contributed by atoms with van der Waals surface area (Å²) in [5.74, 6) is 0.671. The molecule has 4 rings (SSSR count). The third-order valence-electron chi connectivity index (χ3n) is 5.13. The van der Waals surface area contributed by atoms with Crippen LogP contribution in [-0.4, -0.2) is 16.9 Å². The number of rotatable bonds is 7. The van der Waals surface area contributed by atoms with E-state index in [-0.39, 0.29) is 5.91 Å². The smallest absolute Gasteiger partial charge is 0.263 e. The van der Waals surface area contributed by atoms with Gasteiger partial charge >= 0.3 is 0 Å². The number of fused-ring (bicyclic) bond motifs is 1. The number of carbonyl (C=O) groups excluding carboxylic acids is 1. The van der Waals surface area contributed by atoms with Crippen LogP contribution in [0.2, 0.25) is 0 Å². The summed E-state index contributed by atoms with van der Waals surface area (Å²) in [6, 6.07) is 34.2. The molecule has 0 aromatic heterocycles. The van der Waals surface area contributed by atoms with Gasteiger partial charge in [-0.2, -0.15) is 0 Å². The van der Waals surface area contributed by atoms with Gasteiger partial charge in [0.15, 0.2) is 6.10 Å². The maximum Gasteiger partial charge on any atom is 0.263 e. The van der Waals surface area contributed by atoms with Gasteiger partial charge < -0.3 is 9.64 Å². The number of amides is 1. The highest BCUT2D eigenvalue weighted by Gasteiger charge is 2.23. The molecule has 1 amide bonds. The first kappa shape index (κ1) is 19.7. The van der Waals surface area contributed by atoms with Crippen LogP contribution in [0, 0.1) is 0 Å². The fourth-order valence-electron chi connectivity index (χ4n) is 3.57. The SMILES string of the molecule is CC(Oc1ccc2ccccc2c1)C(=O)N(Cc1ccccc1)Cc1ccccc1. The van der Waals surface area contributed by atoms with Gasteiger partial charge in [0.25, 0.3) is 5.91 Å². The lowest BCUT2D eigenvalue weighted by Crippen LogP contribution is -2.39. The monoisotopic (exact) mass is 395 g/mol. The second-order valence-electron chi connectivity index (χ2n) is 7.43. The molecule has 0 aliphatic carbocycles. The summed E-state index contributed by atoms with van der Waals surface area (Å²) in [7, 11) is 0. The lowest BCUT2D eigenvalue weighted by Gasteiger charge is -2.26. The van der Waals surface area contributed by atoms with E-state index in [4.69, 9.17) is 4.74 Å². The van der Waals surface area contributed by atoms with E-state index in [9.17, 15) is 4.79 Å². The van der Waals surface area contributed by atoms with Crippen molar-refractivity contribution < 1.29 is 9.53 Å². The predicted octanol–water partition coefficient (Wildman–Crippen LogP) is 5.84. The molecule has 0 heterocycles. The molecule has 4 aromatic carbocycles. The topological polar surface area (TPSA) is 29.5 Å². The third-order valence-corrected chi connectivity index (χ3v) is 5.13. The van der Waals surface area contributed by atoms with Gasteiger partial charge in [-0.15, -0.1) is 0 Å². The summed E-state index contributed by atoms with van der Waals surface area (Å²) in [5, 5.41) is 2.25. The van der Waals surface area contributed by atoms with Crippen LogP contribution in [0.5, 0.6) is 5.75 Å². The van der Waals surface area contributed by atoms with Crippen molar-refractivity contribution in [3.05, 3.63) is 114 Å². The van der Waals surface area contributed by atoms with Crippen LogP contribution < -0.4 is 4.74 Å². The van der Waals surface area contributed by atoms with E-state index < -0.39 is 6.10 Å². The summed E-state index contributed by atoms with van der Waals surface area (Å²) in [4.78, 5) is 15.2. The zero-order chi connectivity index (χ0) is 20.8. The molecule has 0 saturated carbocycles. The van der Waals surface area contributed by atoms with Crippen molar-refractivity contribution in [2.75, 3.05) is 0 Å². The average Bonchev–Trinajstić information content (AvgIpc) is 2.79. The van der Waals surface area contributed by atoms with E-state index in [1.54, 1.807) is 0 Å². The van der Waals surface area contributed by atoms with E-state index in [0.29, 0.717) is 18.8 Å². The van der Waals surface area contributed by atoms with Crippen LogP contribution in [0.4, 0.5) is 0 Å². The van der Waals surface area contributed by atoms with Crippen LogP contribution in [-0.2, 0) is 17.9 Å². The number of hydrogen-bond acceptors (Lipinski definition) is 2. The van der Waals surface area contributed by atoms with E-state index in [2.05, 4.69) is 6.07 Å². The normalized spacial score (nSPS) is 11.8. The zero-order valence-corrected chi connectivity index (χ0v) is 17.1. The van der Waals surface area contributed by atoms with Crippen LogP contribution in [0.3, 0.4) is 0 Å². The Morgan fingerprint density at radius 2 is 1.27 bits per heavy atom. The third kappa shape index (κ3) is 4.87. The van der Waals surface area contributed by atoms with Crippen LogP contribution in [0.15, 0.2) is 103 Å². The molecule has 1 unspecified atom stereocenters. The molecule has 0 spiro atoms. The fourth-order valence-corrected chi connectivity index (χ4v) is 3.57. The molecule has 0 N–H and O–H groups in total. The summed E-state index contributed by atoms with van der Waals surface area (Å²) in [5.41, 5.74) is 2.19. The molecule has 0 bridgehead atoms. The first-order valence-electron chi connectivity index (χ1n) is 10.2. The lowest BCUT2D eigenvalue weighted by molar-refractivity contribution is -0.139. The largest absolute Gasteiger partial charge is 0.481 e. The molecule has 0 aliphatic rings. The molecule has 30 heavy (non-hydrogen) atoms. The number of carbonyl (C=O) groups is 1. The van der Waals surface area contributed by atoms with Gasteiger partial charge in [0.2, 0.25) is 0 Å². The number of benzene rings is 4. The van der Waals surface area contributed by atoms with Crippen molar-refractivity contribution in [2.45, 2.75) is 26.1 Å². The molecule has 0 aliphatic heterocycles. The molecule has 3 nitrogen and oxygen atoms in total. The van der Waals surface area contributed by atoms with E-state index >= 15 is 0 Å². The van der Waals surface area contributed by atoms with Gasteiger partial charge in [-0.05, 0) is 41.0 Å². The van der Waals surface area contributed by atoms with Gasteiger partial charge in [0, 0.05) is 13.1 Å². The van der Waals surface area contributed by atoms with Crippen molar-refractivity contribution in [1.82, 2.24) is 4.90 Å². The Morgan fingerprint density at radius 3 is 1.87 bits per heavy atom. The Bertz CT molecular complexity index is 1070. The van der Waals surface area contributed by atoms with Crippen LogP contribution in [0.25, 0.3) is 10.8 Å². The number of hydrogen-bond donors (Lipinski definition) is 0. The van der Waals surface area contributed by atoms with E-state index in [1.165, 1.54) is 0 Å². The summed E-state index contributed by atoms with van der Waals surface area (Å²) in [6.45, 7) is 2.90. The maximum atomic E-state index is 13.3. The first-order valence-corrected chi connectivity index (χ1v) is 10.2. The standard InChI is InChI=1S/C27H25NO2/c1-21(30-26-17-16-24-14-8-9-15-25(24)18-26)27(29)28(19-22-10-4-2-5-11-22)20-23-12-6-3-7-13-23/h2-18,21H,19-20H2,1H3. The quantitative estimate of drug-likeness (QED) is 0.394. The lowest BCUT2D eigenvalue weighted by atomic mass is 10.1. The number of ether oxygens (including phenoxy) is 1. The zero-order valence-electron chi connectivity index (χ0n) is 17.1. The maximum absolute atomic E-state index is 13.3. The summed E-state index contributed by atoms with van der Waals surface area (Å²) >= 11 is 0. The second-order valence-corrected chi connectivity index (χ2v) is 7.43. The molecule has 4 aromatic rings. The Kier molecular flexibility index (Phi) is 6.09. The average molecular weight is 396 g/mol. The van der Waals surface area contributed by atoms with Gasteiger partial charge in [0.05, 0.1) is 0 Å². The van der Waals surface area contributed by atoms with Gasteiger partial charge in [-0.3, -0.25) is 4.79 Å². The molecular formula is C27H25NO2. The molecular weight excluding hydrogens is 370 g/mol. The van der Waals surface area contributed by atoms with Gasteiger partial charge in [-0.25, -0.2) is 0 Å². The van der Waals surface area contributed by atoms with E-state index in [0.717, 1.165) is 21.9 Å². The fraction of sp³-hybridized carbons (Fsp3) is 0.148. The molecule has 0 radical (unpaired) electrons. The van der Waals surface area contributed by atoms with Crippen molar-refractivity contribution in [3.8, 4) is 5.75 Å². The highest BCUT2D eigenvalue weighted by molar-refractivity contribution is 5.84. The van der Waals surface area contributed by atoms with Crippen LogP contribution in [0.1, 0.15) is 18.1 Å². The molecule has 150 valence electrons. The Balaban J connectivity index is 1.52. The van der Waals surface area contributed by atoms with Gasteiger partial charge in [0.1, 0.15) is 5.75 Å². The molecule has 0 fully saturated rings. The summed E-state index contributed by atoms with van der Waals surface area (Å²) < 4.78 is 6.05.